The number of benzene rings is 2. The number of hydrogen-bond acceptors (Lipinski definition) is 6. The third-order valence-corrected chi connectivity index (χ3v) is 5.85. The Hall–Kier alpha value is -3.52. The van der Waals surface area contributed by atoms with Crippen LogP contribution in [0.5, 0.6) is 17.2 Å². The third kappa shape index (κ3) is 4.33. The highest BCUT2D eigenvalue weighted by atomic mass is 16.5. The molecule has 1 atom stereocenters. The fourth-order valence-corrected chi connectivity index (χ4v) is 4.30. The fourth-order valence-electron chi connectivity index (χ4n) is 4.30. The van der Waals surface area contributed by atoms with E-state index in [4.69, 9.17) is 14.2 Å². The second-order valence-corrected chi connectivity index (χ2v) is 8.26. The molecule has 1 aromatic heterocycles. The maximum absolute atomic E-state index is 13.4. The maximum Gasteiger partial charge on any atom is 0.273 e. The molecule has 1 aliphatic heterocycles. The molecule has 0 radical (unpaired) electrons. The maximum atomic E-state index is 13.4. The molecule has 0 fully saturated rings. The molecular weight excluding hydrogens is 434 g/mol. The molecular formula is C26H31N3O5. The number of aryl methyl sites for hydroxylation is 1. The Kier molecular flexibility index (Phi) is 7.07. The van der Waals surface area contributed by atoms with Crippen LogP contribution in [0.1, 0.15) is 53.5 Å². The molecule has 0 aliphatic carbocycles. The van der Waals surface area contributed by atoms with Crippen molar-refractivity contribution < 1.29 is 24.1 Å². The van der Waals surface area contributed by atoms with E-state index in [1.54, 1.807) is 18.1 Å². The Morgan fingerprint density at radius 1 is 1.09 bits per heavy atom. The Bertz CT molecular complexity index is 1170. The molecule has 34 heavy (non-hydrogen) atoms. The summed E-state index contributed by atoms with van der Waals surface area (Å²) in [5.41, 5.74) is 4.13. The highest BCUT2D eigenvalue weighted by molar-refractivity contribution is 6.00. The first-order chi connectivity index (χ1) is 16.5. The van der Waals surface area contributed by atoms with E-state index in [-0.39, 0.29) is 11.7 Å². The highest BCUT2D eigenvalue weighted by Crippen LogP contribution is 2.46. The highest BCUT2D eigenvalue weighted by Gasteiger charge is 2.42. The van der Waals surface area contributed by atoms with E-state index >= 15 is 0 Å². The molecule has 1 unspecified atom stereocenters. The summed E-state index contributed by atoms with van der Waals surface area (Å²) >= 11 is 0. The van der Waals surface area contributed by atoms with Crippen LogP contribution in [0.25, 0.3) is 11.3 Å². The predicted molar refractivity (Wildman–Crippen MR) is 129 cm³/mol. The van der Waals surface area contributed by atoms with E-state index < -0.39 is 6.04 Å². The molecule has 2 heterocycles. The number of methoxy groups -OCH3 is 1. The summed E-state index contributed by atoms with van der Waals surface area (Å²) in [6, 6.07) is 10.7. The zero-order valence-electron chi connectivity index (χ0n) is 20.1. The molecule has 8 nitrogen and oxygen atoms in total. The van der Waals surface area contributed by atoms with Crippen molar-refractivity contribution in [2.45, 2.75) is 33.2 Å². The van der Waals surface area contributed by atoms with Crippen LogP contribution in [0.4, 0.5) is 0 Å². The summed E-state index contributed by atoms with van der Waals surface area (Å²) in [6.07, 6.45) is 0.886. The van der Waals surface area contributed by atoms with Crippen LogP contribution in [-0.4, -0.2) is 59.6 Å². The summed E-state index contributed by atoms with van der Waals surface area (Å²) in [6.45, 7) is 7.79. The number of aromatic hydroxyl groups is 1. The second kappa shape index (κ2) is 10.2. The van der Waals surface area contributed by atoms with Gasteiger partial charge in [-0.15, -0.1) is 0 Å². The predicted octanol–water partition coefficient (Wildman–Crippen LogP) is 4.47. The van der Waals surface area contributed by atoms with Gasteiger partial charge >= 0.3 is 0 Å². The normalized spacial score (nSPS) is 15.0. The van der Waals surface area contributed by atoms with Gasteiger partial charge in [0, 0.05) is 24.8 Å². The first-order valence-electron chi connectivity index (χ1n) is 11.6. The molecule has 8 heteroatoms. The number of amides is 1. The number of aromatic amines is 1. The van der Waals surface area contributed by atoms with Crippen LogP contribution in [0.15, 0.2) is 36.4 Å². The van der Waals surface area contributed by atoms with Crippen molar-refractivity contribution in [2.24, 2.45) is 0 Å². The average molecular weight is 466 g/mol. The molecule has 0 saturated heterocycles. The number of nitrogens with one attached hydrogen (secondary N) is 1. The second-order valence-electron chi connectivity index (χ2n) is 8.26. The molecule has 0 bridgehead atoms. The largest absolute Gasteiger partial charge is 0.507 e. The SMILES string of the molecule is CCCOc1ccc(C2c3c(-c4cc(C)ccc4O)n[nH]c3C(=O)N2CCOC)cc1OCC. The van der Waals surface area contributed by atoms with Crippen LogP contribution in [0.3, 0.4) is 0 Å². The Balaban J connectivity index is 1.86. The van der Waals surface area contributed by atoms with Gasteiger partial charge in [0.25, 0.3) is 5.91 Å². The first-order valence-corrected chi connectivity index (χ1v) is 11.6. The van der Waals surface area contributed by atoms with E-state index in [1.165, 1.54) is 0 Å². The number of fused-ring (bicyclic) bond motifs is 1. The Morgan fingerprint density at radius 2 is 1.91 bits per heavy atom. The van der Waals surface area contributed by atoms with E-state index in [9.17, 15) is 9.90 Å². The molecule has 180 valence electrons. The minimum absolute atomic E-state index is 0.111. The summed E-state index contributed by atoms with van der Waals surface area (Å²) in [4.78, 5) is 15.1. The lowest BCUT2D eigenvalue weighted by Gasteiger charge is -2.27. The number of H-pyrrole nitrogens is 1. The number of phenolic OH excluding ortho intramolecular Hbond substituents is 1. The van der Waals surface area contributed by atoms with Crippen molar-refractivity contribution in [1.29, 1.82) is 0 Å². The zero-order chi connectivity index (χ0) is 24.2. The number of carbonyl (C=O) groups excluding carboxylic acids is 1. The van der Waals surface area contributed by atoms with Gasteiger partial charge in [0.15, 0.2) is 11.5 Å². The van der Waals surface area contributed by atoms with Gasteiger partial charge < -0.3 is 24.2 Å². The summed E-state index contributed by atoms with van der Waals surface area (Å²) < 4.78 is 17.0. The van der Waals surface area contributed by atoms with Gasteiger partial charge in [-0.05, 0) is 50.1 Å². The first kappa shape index (κ1) is 23.6. The van der Waals surface area contributed by atoms with Gasteiger partial charge in [-0.25, -0.2) is 0 Å². The smallest absolute Gasteiger partial charge is 0.273 e. The monoisotopic (exact) mass is 465 g/mol. The minimum atomic E-state index is -0.425. The Labute approximate surface area is 199 Å². The number of hydrogen-bond donors (Lipinski definition) is 2. The molecule has 2 aromatic carbocycles. The molecule has 1 aliphatic rings. The zero-order valence-corrected chi connectivity index (χ0v) is 20.1. The van der Waals surface area contributed by atoms with Crippen molar-refractivity contribution in [3.63, 3.8) is 0 Å². The summed E-state index contributed by atoms with van der Waals surface area (Å²) in [7, 11) is 1.61. The van der Waals surface area contributed by atoms with Gasteiger partial charge in [0.1, 0.15) is 17.1 Å². The lowest BCUT2D eigenvalue weighted by Crippen LogP contribution is -2.32. The van der Waals surface area contributed by atoms with E-state index in [2.05, 4.69) is 17.1 Å². The number of phenols is 1. The quantitative estimate of drug-likeness (QED) is 0.459. The number of ether oxygens (including phenoxy) is 3. The Morgan fingerprint density at radius 3 is 2.65 bits per heavy atom. The van der Waals surface area contributed by atoms with E-state index in [0.29, 0.717) is 54.8 Å². The topological polar surface area (TPSA) is 96.9 Å². The van der Waals surface area contributed by atoms with Gasteiger partial charge in [-0.3, -0.25) is 9.89 Å². The number of nitrogens with zero attached hydrogens (tertiary/aromatic N) is 2. The van der Waals surface area contributed by atoms with Gasteiger partial charge in [0.05, 0.1) is 25.9 Å². The fraction of sp³-hybridized carbons (Fsp3) is 0.385. The van der Waals surface area contributed by atoms with Crippen LogP contribution in [0.2, 0.25) is 0 Å². The van der Waals surface area contributed by atoms with Crippen LogP contribution in [0, 0.1) is 6.92 Å². The number of aromatic nitrogens is 2. The lowest BCUT2D eigenvalue weighted by molar-refractivity contribution is 0.0677. The van der Waals surface area contributed by atoms with E-state index in [0.717, 1.165) is 23.1 Å². The number of rotatable bonds is 10. The van der Waals surface area contributed by atoms with Crippen molar-refractivity contribution >= 4 is 5.91 Å². The lowest BCUT2D eigenvalue weighted by atomic mass is 9.95. The standard InChI is InChI=1S/C26H31N3O5/c1-5-12-34-20-10-8-17(15-21(20)33-6-2)25-22-23(18-14-16(3)7-9-19(18)30)27-28-24(22)26(31)29(25)11-13-32-4/h7-10,14-15,25,30H,5-6,11-13H2,1-4H3,(H,27,28). The third-order valence-electron chi connectivity index (χ3n) is 5.85. The summed E-state index contributed by atoms with van der Waals surface area (Å²) in [5.74, 6) is 1.25. The minimum Gasteiger partial charge on any atom is -0.507 e. The molecule has 1 amide bonds. The van der Waals surface area contributed by atoms with Crippen molar-refractivity contribution in [3.05, 3.63) is 58.8 Å². The number of carbonyl (C=O) groups is 1. The van der Waals surface area contributed by atoms with Gasteiger partial charge in [-0.1, -0.05) is 24.6 Å². The summed E-state index contributed by atoms with van der Waals surface area (Å²) in [5, 5.41) is 18.0. The molecule has 3 aromatic rings. The van der Waals surface area contributed by atoms with Crippen LogP contribution >= 0.6 is 0 Å². The van der Waals surface area contributed by atoms with E-state index in [1.807, 2.05) is 44.2 Å². The van der Waals surface area contributed by atoms with Crippen LogP contribution in [-0.2, 0) is 4.74 Å². The molecule has 4 rings (SSSR count). The van der Waals surface area contributed by atoms with Crippen molar-refractivity contribution in [3.8, 4) is 28.5 Å². The average Bonchev–Trinajstić information content (AvgIpc) is 3.37. The molecule has 0 spiro atoms. The van der Waals surface area contributed by atoms with Gasteiger partial charge in [-0.2, -0.15) is 5.10 Å². The van der Waals surface area contributed by atoms with Gasteiger partial charge in [0.2, 0.25) is 0 Å². The van der Waals surface area contributed by atoms with Crippen LogP contribution < -0.4 is 9.47 Å². The van der Waals surface area contributed by atoms with Crippen molar-refractivity contribution in [1.82, 2.24) is 15.1 Å². The molecule has 0 saturated carbocycles. The van der Waals surface area contributed by atoms with Crippen molar-refractivity contribution in [2.75, 3.05) is 33.5 Å². The molecule has 2 N–H and O–H groups in total.